The van der Waals surface area contributed by atoms with Gasteiger partial charge in [-0.1, -0.05) is 35.8 Å². The summed E-state index contributed by atoms with van der Waals surface area (Å²) < 4.78 is 11.9. The van der Waals surface area contributed by atoms with Crippen molar-refractivity contribution in [3.63, 3.8) is 0 Å². The number of anilines is 2. The van der Waals surface area contributed by atoms with E-state index in [9.17, 15) is 14.9 Å². The number of nitrogens with one attached hydrogen (secondary N) is 1. The van der Waals surface area contributed by atoms with Crippen molar-refractivity contribution >= 4 is 50.0 Å². The predicted octanol–water partition coefficient (Wildman–Crippen LogP) is 6.04. The average molecular weight is 538 g/mol. The van der Waals surface area contributed by atoms with Crippen LogP contribution in [0.2, 0.25) is 0 Å². The SMILES string of the molecule is CC(C)COC(=O)c1ccc(Nc2ncnc(Oc3ccc(Br)c4cccnc34)c2[N+](=O)[O-])cc1. The van der Waals surface area contributed by atoms with E-state index in [0.717, 1.165) is 16.2 Å². The molecule has 0 aliphatic carbocycles. The molecule has 2 aromatic carbocycles. The quantitative estimate of drug-likeness (QED) is 0.162. The zero-order valence-electron chi connectivity index (χ0n) is 18.8. The average Bonchev–Trinajstić information content (AvgIpc) is 2.85. The van der Waals surface area contributed by atoms with Gasteiger partial charge in [0.25, 0.3) is 0 Å². The summed E-state index contributed by atoms with van der Waals surface area (Å²) in [5.41, 5.74) is 0.921. The highest BCUT2D eigenvalue weighted by Crippen LogP contribution is 2.38. The fourth-order valence-electron chi connectivity index (χ4n) is 3.14. The highest BCUT2D eigenvalue weighted by atomic mass is 79.9. The molecule has 0 spiro atoms. The van der Waals surface area contributed by atoms with E-state index in [4.69, 9.17) is 9.47 Å². The maximum atomic E-state index is 12.1. The van der Waals surface area contributed by atoms with Crippen LogP contribution in [0.15, 0.2) is 65.5 Å². The van der Waals surface area contributed by atoms with E-state index in [-0.39, 0.29) is 17.6 Å². The van der Waals surface area contributed by atoms with Gasteiger partial charge in [0.05, 0.1) is 17.1 Å². The van der Waals surface area contributed by atoms with Crippen LogP contribution in [0, 0.1) is 16.0 Å². The Bertz CT molecular complexity index is 1400. The van der Waals surface area contributed by atoms with Crippen LogP contribution in [-0.4, -0.2) is 32.5 Å². The molecule has 0 fully saturated rings. The van der Waals surface area contributed by atoms with Crippen molar-refractivity contribution in [3.05, 3.63) is 81.2 Å². The number of pyridine rings is 1. The number of aromatic nitrogens is 3. The van der Waals surface area contributed by atoms with Crippen molar-refractivity contribution in [1.82, 2.24) is 15.0 Å². The zero-order chi connectivity index (χ0) is 24.9. The Kier molecular flexibility index (Phi) is 7.16. The van der Waals surface area contributed by atoms with Crippen molar-refractivity contribution < 1.29 is 19.2 Å². The highest BCUT2D eigenvalue weighted by molar-refractivity contribution is 9.10. The number of nitro groups is 1. The minimum Gasteiger partial charge on any atom is -0.462 e. The number of nitrogens with zero attached hydrogens (tertiary/aromatic N) is 4. The van der Waals surface area contributed by atoms with E-state index in [0.29, 0.717) is 29.1 Å². The lowest BCUT2D eigenvalue weighted by Crippen LogP contribution is -2.10. The van der Waals surface area contributed by atoms with Crippen molar-refractivity contribution in [2.75, 3.05) is 11.9 Å². The van der Waals surface area contributed by atoms with Gasteiger partial charge in [-0.15, -0.1) is 0 Å². The minimum absolute atomic E-state index is 0.0653. The maximum absolute atomic E-state index is 12.1. The van der Waals surface area contributed by atoms with Gasteiger partial charge in [0.15, 0.2) is 5.75 Å². The molecular weight excluding hydrogens is 518 g/mol. The van der Waals surface area contributed by atoms with Crippen molar-refractivity contribution in [1.29, 1.82) is 0 Å². The van der Waals surface area contributed by atoms with Crippen LogP contribution in [-0.2, 0) is 4.74 Å². The number of hydrogen-bond donors (Lipinski definition) is 1. The normalized spacial score (nSPS) is 10.9. The largest absolute Gasteiger partial charge is 0.462 e. The Balaban J connectivity index is 1.61. The minimum atomic E-state index is -0.621. The maximum Gasteiger partial charge on any atom is 0.373 e. The van der Waals surface area contributed by atoms with Crippen molar-refractivity contribution in [2.45, 2.75) is 13.8 Å². The molecule has 10 nitrogen and oxygen atoms in total. The van der Waals surface area contributed by atoms with E-state index >= 15 is 0 Å². The van der Waals surface area contributed by atoms with Crippen LogP contribution in [0.25, 0.3) is 10.9 Å². The Labute approximate surface area is 208 Å². The molecule has 2 aromatic heterocycles. The number of benzene rings is 2. The summed E-state index contributed by atoms with van der Waals surface area (Å²) in [5.74, 6) is -0.217. The van der Waals surface area contributed by atoms with Gasteiger partial charge >= 0.3 is 17.5 Å². The van der Waals surface area contributed by atoms with Crippen molar-refractivity contribution in [3.8, 4) is 11.6 Å². The van der Waals surface area contributed by atoms with E-state index < -0.39 is 16.6 Å². The Morgan fingerprint density at radius 1 is 1.11 bits per heavy atom. The van der Waals surface area contributed by atoms with E-state index in [1.807, 2.05) is 19.9 Å². The summed E-state index contributed by atoms with van der Waals surface area (Å²) in [6.07, 6.45) is 2.77. The van der Waals surface area contributed by atoms with Gasteiger partial charge in [-0.05, 0) is 48.4 Å². The summed E-state index contributed by atoms with van der Waals surface area (Å²) in [6.45, 7) is 4.21. The van der Waals surface area contributed by atoms with Gasteiger partial charge in [-0.3, -0.25) is 15.1 Å². The third-order valence-corrected chi connectivity index (χ3v) is 5.48. The van der Waals surface area contributed by atoms with Gasteiger partial charge in [-0.2, -0.15) is 4.98 Å². The summed E-state index contributed by atoms with van der Waals surface area (Å²) in [7, 11) is 0. The number of carbonyl (C=O) groups excluding carboxylic acids is 1. The zero-order valence-corrected chi connectivity index (χ0v) is 20.4. The Hall–Kier alpha value is -4.12. The fraction of sp³-hybridized carbons (Fsp3) is 0.167. The lowest BCUT2D eigenvalue weighted by Gasteiger charge is -2.11. The molecule has 0 aliphatic rings. The van der Waals surface area contributed by atoms with E-state index in [1.54, 1.807) is 48.7 Å². The third-order valence-electron chi connectivity index (χ3n) is 4.79. The lowest BCUT2D eigenvalue weighted by atomic mass is 10.2. The first-order chi connectivity index (χ1) is 16.8. The molecule has 0 bridgehead atoms. The molecule has 0 aliphatic heterocycles. The van der Waals surface area contributed by atoms with E-state index in [1.165, 1.54) is 0 Å². The highest BCUT2D eigenvalue weighted by Gasteiger charge is 2.26. The number of carbonyl (C=O) groups is 1. The molecule has 11 heteroatoms. The smallest absolute Gasteiger partial charge is 0.373 e. The Morgan fingerprint density at radius 3 is 2.60 bits per heavy atom. The van der Waals surface area contributed by atoms with Crippen molar-refractivity contribution in [2.24, 2.45) is 5.92 Å². The molecule has 178 valence electrons. The molecule has 0 saturated heterocycles. The number of rotatable bonds is 8. The summed E-state index contributed by atoms with van der Waals surface area (Å²) in [4.78, 5) is 35.8. The van der Waals surface area contributed by atoms with Gasteiger partial charge in [0.1, 0.15) is 11.8 Å². The van der Waals surface area contributed by atoms with Crippen LogP contribution in [0.5, 0.6) is 11.6 Å². The lowest BCUT2D eigenvalue weighted by molar-refractivity contribution is -0.385. The second kappa shape index (κ2) is 10.4. The molecule has 4 aromatic rings. The van der Waals surface area contributed by atoms with Gasteiger partial charge in [0, 0.05) is 21.7 Å². The summed E-state index contributed by atoms with van der Waals surface area (Å²) >= 11 is 3.46. The standard InChI is InChI=1S/C24H20BrN5O5/c1-14(2)12-34-24(31)15-5-7-16(8-6-15)29-22-21(30(32)33)23(28-13-27-22)35-19-10-9-18(25)17-4-3-11-26-20(17)19/h3-11,13-14H,12H2,1-2H3,(H,27,28,29). The molecule has 4 rings (SSSR count). The number of fused-ring (bicyclic) bond motifs is 1. The first-order valence-corrected chi connectivity index (χ1v) is 11.4. The van der Waals surface area contributed by atoms with Crippen LogP contribution in [0.3, 0.4) is 0 Å². The fourth-order valence-corrected chi connectivity index (χ4v) is 3.60. The van der Waals surface area contributed by atoms with Crippen LogP contribution in [0.4, 0.5) is 17.2 Å². The third kappa shape index (κ3) is 5.52. The topological polar surface area (TPSA) is 129 Å². The predicted molar refractivity (Wildman–Crippen MR) is 133 cm³/mol. The molecule has 2 heterocycles. The van der Waals surface area contributed by atoms with Gasteiger partial charge < -0.3 is 14.8 Å². The van der Waals surface area contributed by atoms with E-state index in [2.05, 4.69) is 36.2 Å². The number of ether oxygens (including phenoxy) is 2. The molecular formula is C24H20BrN5O5. The molecule has 0 amide bonds. The molecule has 1 N–H and O–H groups in total. The van der Waals surface area contributed by atoms with Gasteiger partial charge in [-0.25, -0.2) is 9.78 Å². The first-order valence-electron chi connectivity index (χ1n) is 10.6. The van der Waals surface area contributed by atoms with Gasteiger partial charge in [0.2, 0.25) is 5.82 Å². The molecule has 0 radical (unpaired) electrons. The second-order valence-corrected chi connectivity index (χ2v) is 8.73. The summed E-state index contributed by atoms with van der Waals surface area (Å²) in [5, 5.41) is 15.6. The first kappa shape index (κ1) is 24.0. The van der Waals surface area contributed by atoms with Crippen LogP contribution in [0.1, 0.15) is 24.2 Å². The monoisotopic (exact) mass is 537 g/mol. The molecule has 0 atom stereocenters. The number of esters is 1. The van der Waals surface area contributed by atoms with Crippen LogP contribution < -0.4 is 10.1 Å². The number of halogens is 1. The molecule has 0 saturated carbocycles. The molecule has 0 unspecified atom stereocenters. The van der Waals surface area contributed by atoms with Crippen LogP contribution >= 0.6 is 15.9 Å². The Morgan fingerprint density at radius 2 is 1.89 bits per heavy atom. The summed E-state index contributed by atoms with van der Waals surface area (Å²) in [6, 6.07) is 13.4. The number of hydrogen-bond acceptors (Lipinski definition) is 9. The second-order valence-electron chi connectivity index (χ2n) is 7.87. The molecule has 35 heavy (non-hydrogen) atoms.